The van der Waals surface area contributed by atoms with Crippen molar-refractivity contribution in [2.45, 2.75) is 25.8 Å². The molecule has 1 aromatic heterocycles. The quantitative estimate of drug-likeness (QED) is 0.682. The van der Waals surface area contributed by atoms with E-state index in [9.17, 15) is 0 Å². The van der Waals surface area contributed by atoms with E-state index >= 15 is 0 Å². The third-order valence-electron chi connectivity index (χ3n) is 2.21. The molecule has 0 unspecified atom stereocenters. The predicted molar refractivity (Wildman–Crippen MR) is 56.3 cm³/mol. The Morgan fingerprint density at radius 3 is 3.00 bits per heavy atom. The summed E-state index contributed by atoms with van der Waals surface area (Å²) in [6.45, 7) is 3.84. The van der Waals surface area contributed by atoms with Gasteiger partial charge < -0.3 is 10.6 Å². The second-order valence-electron chi connectivity index (χ2n) is 3.68. The number of nitrogens with zero attached hydrogens (tertiary/aromatic N) is 2. The molecule has 0 radical (unpaired) electrons. The van der Waals surface area contributed by atoms with Gasteiger partial charge in [0.2, 0.25) is 5.95 Å². The summed E-state index contributed by atoms with van der Waals surface area (Å²) in [7, 11) is 0. The van der Waals surface area contributed by atoms with Crippen molar-refractivity contribution in [2.24, 2.45) is 0 Å². The molecule has 2 rings (SSSR count). The lowest BCUT2D eigenvalue weighted by Gasteiger charge is -2.05. The van der Waals surface area contributed by atoms with Crippen molar-refractivity contribution in [3.8, 4) is 0 Å². The molecule has 0 aliphatic heterocycles. The molecule has 0 saturated heterocycles. The van der Waals surface area contributed by atoms with E-state index in [0.717, 1.165) is 30.8 Å². The van der Waals surface area contributed by atoms with Gasteiger partial charge in [-0.3, -0.25) is 0 Å². The van der Waals surface area contributed by atoms with Crippen molar-refractivity contribution in [1.82, 2.24) is 15.3 Å². The molecule has 76 valence electrons. The lowest BCUT2D eigenvalue weighted by Crippen LogP contribution is -2.24. The zero-order valence-electron chi connectivity index (χ0n) is 8.45. The first-order chi connectivity index (χ1) is 6.84. The Balaban J connectivity index is 1.68. The van der Waals surface area contributed by atoms with Gasteiger partial charge in [-0.15, -0.1) is 0 Å². The minimum Gasteiger partial charge on any atom is -0.353 e. The number of nitrogens with one attached hydrogen (secondary N) is 2. The average Bonchev–Trinajstić information content (AvgIpc) is 2.96. The Bertz CT molecular complexity index is 296. The Labute approximate surface area is 84.2 Å². The van der Waals surface area contributed by atoms with Crippen LogP contribution in [0.15, 0.2) is 12.3 Å². The molecule has 1 aliphatic rings. The van der Waals surface area contributed by atoms with Crippen molar-refractivity contribution in [3.63, 3.8) is 0 Å². The van der Waals surface area contributed by atoms with Crippen LogP contribution in [0.2, 0.25) is 0 Å². The molecule has 0 atom stereocenters. The van der Waals surface area contributed by atoms with E-state index in [0.29, 0.717) is 0 Å². The molecule has 1 aromatic rings. The topological polar surface area (TPSA) is 49.8 Å². The highest BCUT2D eigenvalue weighted by Gasteiger charge is 2.19. The zero-order chi connectivity index (χ0) is 9.80. The lowest BCUT2D eigenvalue weighted by atomic mass is 10.5. The van der Waals surface area contributed by atoms with Crippen LogP contribution in [0.25, 0.3) is 0 Å². The maximum Gasteiger partial charge on any atom is 0.222 e. The molecule has 0 aromatic carbocycles. The first-order valence-electron chi connectivity index (χ1n) is 5.11. The van der Waals surface area contributed by atoms with E-state index in [1.807, 2.05) is 13.0 Å². The van der Waals surface area contributed by atoms with Gasteiger partial charge in [0.1, 0.15) is 0 Å². The van der Waals surface area contributed by atoms with Crippen molar-refractivity contribution >= 4 is 5.95 Å². The summed E-state index contributed by atoms with van der Waals surface area (Å²) in [5.74, 6) is 0.725. The molecule has 14 heavy (non-hydrogen) atoms. The molecule has 1 fully saturated rings. The SMILES string of the molecule is Cc1ccnc(NCCNC2CC2)n1. The summed E-state index contributed by atoms with van der Waals surface area (Å²) in [6.07, 6.45) is 4.45. The Kier molecular flexibility index (Phi) is 2.93. The maximum atomic E-state index is 4.26. The van der Waals surface area contributed by atoms with Crippen LogP contribution in [0.4, 0.5) is 5.95 Å². The fourth-order valence-electron chi connectivity index (χ4n) is 1.27. The summed E-state index contributed by atoms with van der Waals surface area (Å²) < 4.78 is 0. The van der Waals surface area contributed by atoms with Crippen molar-refractivity contribution < 1.29 is 0 Å². The number of anilines is 1. The van der Waals surface area contributed by atoms with Crippen LogP contribution in [0.5, 0.6) is 0 Å². The van der Waals surface area contributed by atoms with Crippen molar-refractivity contribution in [1.29, 1.82) is 0 Å². The normalized spacial score (nSPS) is 15.5. The zero-order valence-corrected chi connectivity index (χ0v) is 8.45. The Morgan fingerprint density at radius 1 is 1.43 bits per heavy atom. The van der Waals surface area contributed by atoms with Crippen molar-refractivity contribution in [3.05, 3.63) is 18.0 Å². The second kappa shape index (κ2) is 4.37. The summed E-state index contributed by atoms with van der Waals surface area (Å²) in [5.41, 5.74) is 0.998. The van der Waals surface area contributed by atoms with Gasteiger partial charge in [0, 0.05) is 31.0 Å². The van der Waals surface area contributed by atoms with E-state index < -0.39 is 0 Å². The van der Waals surface area contributed by atoms with Gasteiger partial charge in [-0.05, 0) is 25.8 Å². The van der Waals surface area contributed by atoms with Gasteiger partial charge in [0.05, 0.1) is 0 Å². The van der Waals surface area contributed by atoms with Gasteiger partial charge in [0.25, 0.3) is 0 Å². The summed E-state index contributed by atoms with van der Waals surface area (Å²) in [5, 5.41) is 6.61. The van der Waals surface area contributed by atoms with E-state index in [2.05, 4.69) is 20.6 Å². The fourth-order valence-corrected chi connectivity index (χ4v) is 1.27. The summed E-state index contributed by atoms with van der Waals surface area (Å²) in [6, 6.07) is 2.67. The highest BCUT2D eigenvalue weighted by atomic mass is 15.1. The van der Waals surface area contributed by atoms with Gasteiger partial charge >= 0.3 is 0 Å². The molecule has 1 heterocycles. The number of rotatable bonds is 5. The minimum absolute atomic E-state index is 0.725. The molecule has 0 amide bonds. The summed E-state index contributed by atoms with van der Waals surface area (Å²) >= 11 is 0. The number of hydrogen-bond donors (Lipinski definition) is 2. The van der Waals surface area contributed by atoms with Gasteiger partial charge in [-0.25, -0.2) is 9.97 Å². The largest absolute Gasteiger partial charge is 0.353 e. The molecule has 1 aliphatic carbocycles. The molecule has 0 spiro atoms. The second-order valence-corrected chi connectivity index (χ2v) is 3.68. The monoisotopic (exact) mass is 192 g/mol. The molecular weight excluding hydrogens is 176 g/mol. The van der Waals surface area contributed by atoms with Crippen molar-refractivity contribution in [2.75, 3.05) is 18.4 Å². The average molecular weight is 192 g/mol. The van der Waals surface area contributed by atoms with Crippen LogP contribution < -0.4 is 10.6 Å². The predicted octanol–water partition coefficient (Wildman–Crippen LogP) is 0.949. The third kappa shape index (κ3) is 2.96. The number of aromatic nitrogens is 2. The standard InChI is InChI=1S/C10H16N4/c1-8-4-5-12-10(14-8)13-7-6-11-9-2-3-9/h4-5,9,11H,2-3,6-7H2,1H3,(H,12,13,14). The van der Waals surface area contributed by atoms with E-state index in [4.69, 9.17) is 0 Å². The highest BCUT2D eigenvalue weighted by molar-refractivity contribution is 5.24. The first-order valence-corrected chi connectivity index (χ1v) is 5.11. The minimum atomic E-state index is 0.725. The van der Waals surface area contributed by atoms with E-state index in [1.165, 1.54) is 12.8 Å². The lowest BCUT2D eigenvalue weighted by molar-refractivity contribution is 0.699. The van der Waals surface area contributed by atoms with Gasteiger partial charge in [0.15, 0.2) is 0 Å². The molecular formula is C10H16N4. The van der Waals surface area contributed by atoms with Gasteiger partial charge in [-0.2, -0.15) is 0 Å². The molecule has 4 heteroatoms. The van der Waals surface area contributed by atoms with Crippen LogP contribution in [0.3, 0.4) is 0 Å². The number of hydrogen-bond acceptors (Lipinski definition) is 4. The van der Waals surface area contributed by atoms with Crippen LogP contribution in [0.1, 0.15) is 18.5 Å². The molecule has 4 nitrogen and oxygen atoms in total. The smallest absolute Gasteiger partial charge is 0.222 e. The maximum absolute atomic E-state index is 4.26. The van der Waals surface area contributed by atoms with Crippen LogP contribution in [-0.2, 0) is 0 Å². The first kappa shape index (κ1) is 9.40. The van der Waals surface area contributed by atoms with Crippen LogP contribution >= 0.6 is 0 Å². The number of aryl methyl sites for hydroxylation is 1. The Hall–Kier alpha value is -1.16. The van der Waals surface area contributed by atoms with E-state index in [-0.39, 0.29) is 0 Å². The Morgan fingerprint density at radius 2 is 2.29 bits per heavy atom. The van der Waals surface area contributed by atoms with Gasteiger partial charge in [-0.1, -0.05) is 0 Å². The molecule has 1 saturated carbocycles. The van der Waals surface area contributed by atoms with Crippen LogP contribution in [-0.4, -0.2) is 29.1 Å². The fraction of sp³-hybridized carbons (Fsp3) is 0.600. The van der Waals surface area contributed by atoms with E-state index in [1.54, 1.807) is 6.20 Å². The molecule has 2 N–H and O–H groups in total. The summed E-state index contributed by atoms with van der Waals surface area (Å²) in [4.78, 5) is 8.38. The molecule has 0 bridgehead atoms. The third-order valence-corrected chi connectivity index (χ3v) is 2.21. The highest BCUT2D eigenvalue weighted by Crippen LogP contribution is 2.17. The van der Waals surface area contributed by atoms with Crippen LogP contribution in [0, 0.1) is 6.92 Å².